The molecule has 0 saturated heterocycles. The summed E-state index contributed by atoms with van der Waals surface area (Å²) in [5, 5.41) is 12.8. The fraction of sp³-hybridized carbons (Fsp3) is 0.278. The van der Waals surface area contributed by atoms with E-state index in [1.165, 1.54) is 0 Å². The van der Waals surface area contributed by atoms with Crippen LogP contribution in [-0.2, 0) is 6.42 Å². The summed E-state index contributed by atoms with van der Waals surface area (Å²) >= 11 is 1.55. The lowest BCUT2D eigenvalue weighted by molar-refractivity contribution is 0.0954. The Balaban J connectivity index is 1.68. The number of aryl methyl sites for hydroxylation is 1. The maximum Gasteiger partial charge on any atom is 0.251 e. The van der Waals surface area contributed by atoms with Gasteiger partial charge in [-0.1, -0.05) is 12.1 Å². The number of aromatic nitrogens is 4. The van der Waals surface area contributed by atoms with Crippen molar-refractivity contribution < 1.29 is 4.79 Å². The minimum absolute atomic E-state index is 0.121. The van der Waals surface area contributed by atoms with Crippen molar-refractivity contribution in [1.29, 1.82) is 0 Å². The monoisotopic (exact) mass is 368 g/mol. The molecule has 7 nitrogen and oxygen atoms in total. The maximum atomic E-state index is 12.4. The third kappa shape index (κ3) is 4.40. The van der Waals surface area contributed by atoms with Crippen LogP contribution in [0.5, 0.6) is 0 Å². The fourth-order valence-electron chi connectivity index (χ4n) is 2.35. The van der Waals surface area contributed by atoms with Gasteiger partial charge < -0.3 is 10.2 Å². The lowest BCUT2D eigenvalue weighted by Crippen LogP contribution is -2.25. The Kier molecular flexibility index (Phi) is 5.52. The highest BCUT2D eigenvalue weighted by Gasteiger charge is 2.09. The first-order valence-electron chi connectivity index (χ1n) is 8.20. The topological polar surface area (TPSA) is 83.9 Å². The standard InChI is InChI=1S/C18H20N6OS/c1-12-22-23-17(26-12)7-8-20-18(25)14-6-4-5-13(9-14)15-10-19-11-16(21-15)24(2)3/h4-6,9-11H,7-8H2,1-3H3,(H,20,25). The number of hydrogen-bond donors (Lipinski definition) is 1. The summed E-state index contributed by atoms with van der Waals surface area (Å²) in [5.41, 5.74) is 2.18. The molecule has 0 bridgehead atoms. The predicted octanol–water partition coefficient (Wildman–Crippen LogP) is 2.34. The van der Waals surface area contributed by atoms with Gasteiger partial charge in [0.1, 0.15) is 15.8 Å². The second-order valence-electron chi connectivity index (χ2n) is 5.96. The van der Waals surface area contributed by atoms with Crippen LogP contribution in [0.25, 0.3) is 11.3 Å². The molecule has 2 heterocycles. The van der Waals surface area contributed by atoms with Crippen LogP contribution in [0, 0.1) is 6.92 Å². The maximum absolute atomic E-state index is 12.4. The van der Waals surface area contributed by atoms with Crippen molar-refractivity contribution in [3.63, 3.8) is 0 Å². The second-order valence-corrected chi connectivity index (χ2v) is 7.22. The van der Waals surface area contributed by atoms with E-state index in [0.29, 0.717) is 18.5 Å². The molecule has 1 aromatic carbocycles. The minimum Gasteiger partial charge on any atom is -0.361 e. The van der Waals surface area contributed by atoms with Gasteiger partial charge in [0.05, 0.1) is 18.1 Å². The summed E-state index contributed by atoms with van der Waals surface area (Å²) in [5.74, 6) is 0.648. The van der Waals surface area contributed by atoms with Gasteiger partial charge in [-0.25, -0.2) is 4.98 Å². The van der Waals surface area contributed by atoms with Gasteiger partial charge >= 0.3 is 0 Å². The third-order valence-corrected chi connectivity index (χ3v) is 4.59. The van der Waals surface area contributed by atoms with Crippen LogP contribution in [0.15, 0.2) is 36.7 Å². The van der Waals surface area contributed by atoms with E-state index in [4.69, 9.17) is 0 Å². The Bertz CT molecular complexity index is 908. The number of carbonyl (C=O) groups excluding carboxylic acids is 1. The van der Waals surface area contributed by atoms with Gasteiger partial charge in [0.2, 0.25) is 0 Å². The van der Waals surface area contributed by atoms with Gasteiger partial charge in [-0.3, -0.25) is 9.78 Å². The van der Waals surface area contributed by atoms with Crippen molar-refractivity contribution in [2.75, 3.05) is 25.5 Å². The number of nitrogens with one attached hydrogen (secondary N) is 1. The number of rotatable bonds is 6. The van der Waals surface area contributed by atoms with E-state index in [2.05, 4.69) is 25.5 Å². The van der Waals surface area contributed by atoms with Gasteiger partial charge in [0.25, 0.3) is 5.91 Å². The van der Waals surface area contributed by atoms with Gasteiger partial charge in [0.15, 0.2) is 0 Å². The number of carbonyl (C=O) groups is 1. The Morgan fingerprint density at radius 3 is 2.81 bits per heavy atom. The molecular formula is C18H20N6OS. The quantitative estimate of drug-likeness (QED) is 0.719. The molecule has 0 atom stereocenters. The molecule has 1 N–H and O–H groups in total. The van der Waals surface area contributed by atoms with E-state index >= 15 is 0 Å². The summed E-state index contributed by atoms with van der Waals surface area (Å²) < 4.78 is 0. The minimum atomic E-state index is -0.121. The number of benzene rings is 1. The van der Waals surface area contributed by atoms with E-state index in [9.17, 15) is 4.79 Å². The summed E-state index contributed by atoms with van der Waals surface area (Å²) in [6, 6.07) is 7.39. The van der Waals surface area contributed by atoms with E-state index < -0.39 is 0 Å². The summed E-state index contributed by atoms with van der Waals surface area (Å²) in [4.78, 5) is 23.1. The van der Waals surface area contributed by atoms with Gasteiger partial charge in [-0.15, -0.1) is 21.5 Å². The van der Waals surface area contributed by atoms with Crippen LogP contribution in [0.4, 0.5) is 5.82 Å². The Labute approximate surface area is 156 Å². The summed E-state index contributed by atoms with van der Waals surface area (Å²) in [6.07, 6.45) is 4.07. The lowest BCUT2D eigenvalue weighted by Gasteiger charge is -2.12. The predicted molar refractivity (Wildman–Crippen MR) is 102 cm³/mol. The number of nitrogens with zero attached hydrogens (tertiary/aromatic N) is 5. The molecule has 1 amide bonds. The molecule has 0 unspecified atom stereocenters. The molecule has 0 aliphatic carbocycles. The highest BCUT2D eigenvalue weighted by atomic mass is 32.1. The van der Waals surface area contributed by atoms with Crippen LogP contribution in [0.3, 0.4) is 0 Å². The second kappa shape index (κ2) is 8.01. The zero-order valence-electron chi connectivity index (χ0n) is 14.9. The van der Waals surface area contributed by atoms with Crippen LogP contribution in [-0.4, -0.2) is 46.7 Å². The largest absolute Gasteiger partial charge is 0.361 e. The number of amides is 1. The molecule has 8 heteroatoms. The zero-order valence-corrected chi connectivity index (χ0v) is 15.7. The first kappa shape index (κ1) is 17.9. The van der Waals surface area contributed by atoms with E-state index in [1.54, 1.807) is 29.8 Å². The van der Waals surface area contributed by atoms with Gasteiger partial charge in [-0.05, 0) is 19.1 Å². The number of anilines is 1. The van der Waals surface area contributed by atoms with Crippen molar-refractivity contribution in [3.05, 3.63) is 52.2 Å². The highest BCUT2D eigenvalue weighted by molar-refractivity contribution is 7.11. The number of hydrogen-bond acceptors (Lipinski definition) is 7. The SMILES string of the molecule is Cc1nnc(CCNC(=O)c2cccc(-c3cncc(N(C)C)n3)c2)s1. The molecule has 0 aliphatic heterocycles. The molecule has 0 spiro atoms. The van der Waals surface area contributed by atoms with E-state index in [-0.39, 0.29) is 5.91 Å². The fourth-order valence-corrected chi connectivity index (χ4v) is 3.06. The molecule has 3 aromatic rings. The van der Waals surface area contributed by atoms with Crippen LogP contribution in [0.2, 0.25) is 0 Å². The van der Waals surface area contributed by atoms with Crippen molar-refractivity contribution >= 4 is 23.1 Å². The molecular weight excluding hydrogens is 348 g/mol. The van der Waals surface area contributed by atoms with Gasteiger partial charge in [0, 0.05) is 38.2 Å². The van der Waals surface area contributed by atoms with Gasteiger partial charge in [-0.2, -0.15) is 0 Å². The first-order valence-corrected chi connectivity index (χ1v) is 9.01. The molecule has 0 radical (unpaired) electrons. The average Bonchev–Trinajstić information content (AvgIpc) is 3.07. The molecule has 26 heavy (non-hydrogen) atoms. The molecule has 2 aromatic heterocycles. The third-order valence-electron chi connectivity index (χ3n) is 3.69. The lowest BCUT2D eigenvalue weighted by atomic mass is 10.1. The highest BCUT2D eigenvalue weighted by Crippen LogP contribution is 2.20. The Hall–Kier alpha value is -2.87. The molecule has 134 valence electrons. The molecule has 0 aliphatic rings. The summed E-state index contributed by atoms with van der Waals surface area (Å²) in [7, 11) is 3.83. The van der Waals surface area contributed by atoms with E-state index in [0.717, 1.165) is 27.1 Å². The van der Waals surface area contributed by atoms with Crippen molar-refractivity contribution in [1.82, 2.24) is 25.5 Å². The smallest absolute Gasteiger partial charge is 0.251 e. The van der Waals surface area contributed by atoms with Crippen LogP contribution in [0.1, 0.15) is 20.4 Å². The summed E-state index contributed by atoms with van der Waals surface area (Å²) in [6.45, 7) is 2.44. The van der Waals surface area contributed by atoms with Crippen molar-refractivity contribution in [3.8, 4) is 11.3 Å². The van der Waals surface area contributed by atoms with Crippen molar-refractivity contribution in [2.45, 2.75) is 13.3 Å². The Morgan fingerprint density at radius 2 is 2.08 bits per heavy atom. The molecule has 0 saturated carbocycles. The first-order chi connectivity index (χ1) is 12.5. The van der Waals surface area contributed by atoms with Crippen LogP contribution >= 0.6 is 11.3 Å². The normalized spacial score (nSPS) is 10.6. The van der Waals surface area contributed by atoms with Crippen LogP contribution < -0.4 is 10.2 Å². The van der Waals surface area contributed by atoms with Crippen molar-refractivity contribution in [2.24, 2.45) is 0 Å². The molecule has 0 fully saturated rings. The Morgan fingerprint density at radius 1 is 1.23 bits per heavy atom. The van der Waals surface area contributed by atoms with E-state index in [1.807, 2.05) is 44.1 Å². The zero-order chi connectivity index (χ0) is 18.5. The molecule has 3 rings (SSSR count). The average molecular weight is 368 g/mol.